The molecule has 0 aliphatic heterocycles. The molecule has 0 atom stereocenters. The van der Waals surface area contributed by atoms with Gasteiger partial charge in [-0.2, -0.15) is 0 Å². The SMILES string of the molecule is c1ccc(-c2nc(-c3cccc(-c4cccc5cc6c(cc45)sc4ccccc46)c3)nc(-c3ccc4c(c3)sc3ccccc34)n2)cc1. The van der Waals surface area contributed by atoms with E-state index < -0.39 is 0 Å². The molecule has 0 N–H and O–H groups in total. The lowest BCUT2D eigenvalue weighted by Crippen LogP contribution is -2.00. The molecule has 0 spiro atoms. The Balaban J connectivity index is 1.13. The van der Waals surface area contributed by atoms with Crippen molar-refractivity contribution >= 4 is 73.8 Å². The van der Waals surface area contributed by atoms with Crippen molar-refractivity contribution in [3.8, 4) is 45.3 Å². The van der Waals surface area contributed by atoms with Gasteiger partial charge in [-0.3, -0.25) is 0 Å². The van der Waals surface area contributed by atoms with Crippen LogP contribution in [0.15, 0.2) is 152 Å². The number of hydrogen-bond donors (Lipinski definition) is 0. The lowest BCUT2D eigenvalue weighted by atomic mass is 9.96. The Morgan fingerprint density at radius 3 is 1.65 bits per heavy atom. The van der Waals surface area contributed by atoms with Crippen molar-refractivity contribution in [1.82, 2.24) is 15.0 Å². The molecular formula is C43H25N3S2. The highest BCUT2D eigenvalue weighted by atomic mass is 32.1. The first-order valence-corrected chi connectivity index (χ1v) is 17.6. The summed E-state index contributed by atoms with van der Waals surface area (Å²) in [5.74, 6) is 1.99. The van der Waals surface area contributed by atoms with Crippen molar-refractivity contribution in [2.45, 2.75) is 0 Å². The molecule has 0 aliphatic carbocycles. The van der Waals surface area contributed by atoms with Crippen LogP contribution in [0.5, 0.6) is 0 Å². The zero-order valence-electron chi connectivity index (χ0n) is 25.6. The zero-order chi connectivity index (χ0) is 31.6. The fourth-order valence-corrected chi connectivity index (χ4v) is 9.06. The molecule has 0 aliphatic rings. The average molecular weight is 648 g/mol. The number of thiophene rings is 2. The van der Waals surface area contributed by atoms with E-state index in [4.69, 9.17) is 15.0 Å². The van der Waals surface area contributed by atoms with Gasteiger partial charge in [0.25, 0.3) is 0 Å². The fraction of sp³-hybridized carbons (Fsp3) is 0. The molecule has 5 heteroatoms. The van der Waals surface area contributed by atoms with Crippen LogP contribution in [0.25, 0.3) is 96.4 Å². The Morgan fingerprint density at radius 1 is 0.312 bits per heavy atom. The lowest BCUT2D eigenvalue weighted by Gasteiger charge is -2.11. The first-order chi connectivity index (χ1) is 23.7. The lowest BCUT2D eigenvalue weighted by molar-refractivity contribution is 1.07. The summed E-state index contributed by atoms with van der Waals surface area (Å²) in [7, 11) is 0. The van der Waals surface area contributed by atoms with E-state index in [9.17, 15) is 0 Å². The van der Waals surface area contributed by atoms with Crippen LogP contribution in [-0.2, 0) is 0 Å². The average Bonchev–Trinajstić information content (AvgIpc) is 3.71. The molecule has 0 amide bonds. The second-order valence-corrected chi connectivity index (χ2v) is 14.2. The van der Waals surface area contributed by atoms with Gasteiger partial charge in [0.05, 0.1) is 0 Å². The van der Waals surface area contributed by atoms with E-state index in [2.05, 4.69) is 133 Å². The van der Waals surface area contributed by atoms with Crippen LogP contribution in [0.4, 0.5) is 0 Å². The Hall–Kier alpha value is -5.75. The van der Waals surface area contributed by atoms with Gasteiger partial charge in [-0.25, -0.2) is 15.0 Å². The number of hydrogen-bond acceptors (Lipinski definition) is 5. The number of aromatic nitrogens is 3. The molecule has 7 aromatic carbocycles. The molecular weight excluding hydrogens is 623 g/mol. The van der Waals surface area contributed by atoms with E-state index >= 15 is 0 Å². The normalized spacial score (nSPS) is 11.8. The van der Waals surface area contributed by atoms with Crippen LogP contribution in [0, 0.1) is 0 Å². The fourth-order valence-electron chi connectivity index (χ4n) is 6.79. The summed E-state index contributed by atoms with van der Waals surface area (Å²) in [5, 5.41) is 7.65. The van der Waals surface area contributed by atoms with E-state index in [0.717, 1.165) is 22.3 Å². The second-order valence-electron chi connectivity index (χ2n) is 12.0. The zero-order valence-corrected chi connectivity index (χ0v) is 27.2. The van der Waals surface area contributed by atoms with Crippen LogP contribution in [0.3, 0.4) is 0 Å². The minimum Gasteiger partial charge on any atom is -0.208 e. The van der Waals surface area contributed by atoms with Gasteiger partial charge in [-0.15, -0.1) is 22.7 Å². The smallest absolute Gasteiger partial charge is 0.164 e. The quantitative estimate of drug-likeness (QED) is 0.191. The summed E-state index contributed by atoms with van der Waals surface area (Å²) in [6.45, 7) is 0. The van der Waals surface area contributed by atoms with E-state index in [1.54, 1.807) is 11.3 Å². The van der Waals surface area contributed by atoms with Crippen molar-refractivity contribution in [1.29, 1.82) is 0 Å². The highest BCUT2D eigenvalue weighted by Gasteiger charge is 2.16. The molecule has 10 aromatic rings. The Morgan fingerprint density at radius 2 is 0.875 bits per heavy atom. The maximum absolute atomic E-state index is 5.11. The van der Waals surface area contributed by atoms with Gasteiger partial charge in [-0.1, -0.05) is 115 Å². The summed E-state index contributed by atoms with van der Waals surface area (Å²) in [6.07, 6.45) is 0. The van der Waals surface area contributed by atoms with Crippen LogP contribution in [0.2, 0.25) is 0 Å². The molecule has 0 radical (unpaired) electrons. The standard InChI is InChI=1S/C43H25N3S2/c1-2-10-26(11-3-1)41-44-42(46-43(45-41)30-20-21-34-32-15-4-6-18-37(32)47-39(34)24-30)29-14-8-12-27(22-29)31-17-9-13-28-23-36-33-16-5-7-19-38(33)48-40(36)25-35(28)31/h1-25H. The minimum absolute atomic E-state index is 0.657. The molecule has 3 nitrogen and oxygen atoms in total. The van der Waals surface area contributed by atoms with Gasteiger partial charge in [0.15, 0.2) is 17.5 Å². The summed E-state index contributed by atoms with van der Waals surface area (Å²) < 4.78 is 5.13. The Labute approximate surface area is 284 Å². The maximum Gasteiger partial charge on any atom is 0.164 e. The third kappa shape index (κ3) is 4.51. The summed E-state index contributed by atoms with van der Waals surface area (Å²) in [5.41, 5.74) is 5.22. The Kier molecular flexibility index (Phi) is 6.22. The highest BCUT2D eigenvalue weighted by Crippen LogP contribution is 2.40. The van der Waals surface area contributed by atoms with Gasteiger partial charge >= 0.3 is 0 Å². The second kappa shape index (κ2) is 10.9. The molecule has 0 unspecified atom stereocenters. The van der Waals surface area contributed by atoms with Gasteiger partial charge in [0.2, 0.25) is 0 Å². The molecule has 0 bridgehead atoms. The van der Waals surface area contributed by atoms with Crippen molar-refractivity contribution in [3.63, 3.8) is 0 Å². The van der Waals surface area contributed by atoms with Crippen molar-refractivity contribution in [3.05, 3.63) is 152 Å². The predicted molar refractivity (Wildman–Crippen MR) is 205 cm³/mol. The minimum atomic E-state index is 0.657. The van der Waals surface area contributed by atoms with Gasteiger partial charge in [-0.05, 0) is 58.3 Å². The largest absolute Gasteiger partial charge is 0.208 e. The third-order valence-electron chi connectivity index (χ3n) is 9.11. The molecule has 224 valence electrons. The molecule has 3 heterocycles. The number of fused-ring (bicyclic) bond motifs is 7. The van der Waals surface area contributed by atoms with Crippen LogP contribution in [-0.4, -0.2) is 15.0 Å². The van der Waals surface area contributed by atoms with Crippen molar-refractivity contribution in [2.75, 3.05) is 0 Å². The van der Waals surface area contributed by atoms with Crippen molar-refractivity contribution in [2.24, 2.45) is 0 Å². The summed E-state index contributed by atoms with van der Waals surface area (Å²) in [6, 6.07) is 53.9. The van der Waals surface area contributed by atoms with Gasteiger partial charge in [0.1, 0.15) is 0 Å². The number of benzene rings is 7. The topological polar surface area (TPSA) is 38.7 Å². The van der Waals surface area contributed by atoms with Gasteiger partial charge < -0.3 is 0 Å². The monoisotopic (exact) mass is 647 g/mol. The highest BCUT2D eigenvalue weighted by molar-refractivity contribution is 7.26. The van der Waals surface area contributed by atoms with Crippen LogP contribution >= 0.6 is 22.7 Å². The van der Waals surface area contributed by atoms with E-state index in [-0.39, 0.29) is 0 Å². The molecule has 0 saturated heterocycles. The molecule has 48 heavy (non-hydrogen) atoms. The van der Waals surface area contributed by atoms with E-state index in [0.29, 0.717) is 17.5 Å². The molecule has 3 aromatic heterocycles. The summed E-state index contributed by atoms with van der Waals surface area (Å²) >= 11 is 3.66. The van der Waals surface area contributed by atoms with Gasteiger partial charge in [0, 0.05) is 57.0 Å². The van der Waals surface area contributed by atoms with E-state index in [1.807, 2.05) is 29.5 Å². The molecule has 0 fully saturated rings. The Bertz CT molecular complexity index is 2850. The number of nitrogens with zero attached hydrogens (tertiary/aromatic N) is 3. The third-order valence-corrected chi connectivity index (χ3v) is 11.4. The first-order valence-electron chi connectivity index (χ1n) is 15.9. The van der Waals surface area contributed by atoms with Crippen molar-refractivity contribution < 1.29 is 0 Å². The van der Waals surface area contributed by atoms with Crippen LogP contribution in [0.1, 0.15) is 0 Å². The maximum atomic E-state index is 5.11. The molecule has 0 saturated carbocycles. The first kappa shape index (κ1) is 27.4. The number of rotatable bonds is 4. The summed E-state index contributed by atoms with van der Waals surface area (Å²) in [4.78, 5) is 15.2. The van der Waals surface area contributed by atoms with E-state index in [1.165, 1.54) is 56.7 Å². The molecule has 10 rings (SSSR count). The predicted octanol–water partition coefficient (Wildman–Crippen LogP) is 12.4. The van der Waals surface area contributed by atoms with Crippen LogP contribution < -0.4 is 0 Å².